The van der Waals surface area contributed by atoms with E-state index < -0.39 is 18.0 Å². The van der Waals surface area contributed by atoms with Gasteiger partial charge in [0.2, 0.25) is 0 Å². The molecule has 0 radical (unpaired) electrons. The Morgan fingerprint density at radius 1 is 0.947 bits per heavy atom. The summed E-state index contributed by atoms with van der Waals surface area (Å²) in [5.74, 6) is -0.642. The number of carbonyl (C=O) groups is 3. The lowest BCUT2D eigenvalue weighted by Crippen LogP contribution is -2.40. The number of ether oxygens (including phenoxy) is 4. The Morgan fingerprint density at radius 3 is 2.46 bits per heavy atom. The summed E-state index contributed by atoms with van der Waals surface area (Å²) >= 11 is 2.89. The van der Waals surface area contributed by atoms with Gasteiger partial charge in [-0.3, -0.25) is 14.2 Å². The van der Waals surface area contributed by atoms with Gasteiger partial charge in [0.15, 0.2) is 22.9 Å². The summed E-state index contributed by atoms with van der Waals surface area (Å²) in [6.07, 6.45) is 5.75. The van der Waals surface area contributed by atoms with Crippen LogP contribution in [0.5, 0.6) is 11.5 Å². The maximum absolute atomic E-state index is 14.6. The third-order valence-corrected chi connectivity index (χ3v) is 12.3. The molecule has 1 aliphatic carbocycles. The van der Waals surface area contributed by atoms with Crippen LogP contribution in [0.2, 0.25) is 0 Å². The molecule has 14 heteroatoms. The minimum Gasteiger partial charge on any atom is -0.490 e. The summed E-state index contributed by atoms with van der Waals surface area (Å²) < 4.78 is 25.9. The minimum absolute atomic E-state index is 0.135. The summed E-state index contributed by atoms with van der Waals surface area (Å²) in [6, 6.07) is 15.7. The second-order valence-electron chi connectivity index (χ2n) is 13.7. The van der Waals surface area contributed by atoms with E-state index in [1.165, 1.54) is 27.9 Å². The number of hydrogen-bond donors (Lipinski definition) is 1. The topological polar surface area (TPSA) is 139 Å². The lowest BCUT2D eigenvalue weighted by Gasteiger charge is -2.25. The van der Waals surface area contributed by atoms with Crippen LogP contribution in [-0.2, 0) is 31.9 Å². The van der Waals surface area contributed by atoms with Gasteiger partial charge in [0.05, 0.1) is 47.7 Å². The zero-order chi connectivity index (χ0) is 40.4. The molecule has 57 heavy (non-hydrogen) atoms. The van der Waals surface area contributed by atoms with Gasteiger partial charge in [-0.1, -0.05) is 35.6 Å². The first-order valence-corrected chi connectivity index (χ1v) is 20.5. The Hall–Kier alpha value is -5.73. The van der Waals surface area contributed by atoms with E-state index >= 15 is 0 Å². The number of esters is 2. The van der Waals surface area contributed by atoms with Crippen molar-refractivity contribution in [1.29, 1.82) is 0 Å². The third-order valence-electron chi connectivity index (χ3n) is 10.0. The van der Waals surface area contributed by atoms with Crippen molar-refractivity contribution in [3.63, 3.8) is 0 Å². The highest BCUT2D eigenvalue weighted by molar-refractivity contribution is 7.15. The number of benzene rings is 2. The highest BCUT2D eigenvalue weighted by Gasteiger charge is 2.34. The van der Waals surface area contributed by atoms with Gasteiger partial charge < -0.3 is 28.8 Å². The quantitative estimate of drug-likeness (QED) is 0.144. The van der Waals surface area contributed by atoms with Crippen molar-refractivity contribution in [1.82, 2.24) is 9.13 Å². The molecule has 0 spiro atoms. The van der Waals surface area contributed by atoms with Crippen LogP contribution in [0, 0.1) is 13.8 Å². The van der Waals surface area contributed by atoms with Crippen molar-refractivity contribution >= 4 is 52.3 Å². The largest absolute Gasteiger partial charge is 0.490 e. The molecule has 4 heterocycles. The lowest BCUT2D eigenvalue weighted by atomic mass is 9.95. The fraction of sp³-hybridized carbons (Fsp3) is 0.326. The van der Waals surface area contributed by atoms with Gasteiger partial charge in [0.1, 0.15) is 5.00 Å². The number of rotatable bonds is 12. The highest BCUT2D eigenvalue weighted by atomic mass is 32.1. The molecule has 12 nitrogen and oxygen atoms in total. The maximum Gasteiger partial charge on any atom is 0.343 e. The summed E-state index contributed by atoms with van der Waals surface area (Å²) in [4.78, 5) is 60.4. The normalized spacial score (nSPS) is 15.1. The maximum atomic E-state index is 14.6. The number of hydrogen-bond acceptors (Lipinski definition) is 11. The summed E-state index contributed by atoms with van der Waals surface area (Å²) in [7, 11) is 1.28. The molecule has 0 bridgehead atoms. The van der Waals surface area contributed by atoms with Crippen LogP contribution in [0.1, 0.15) is 83.0 Å². The summed E-state index contributed by atoms with van der Waals surface area (Å²) in [5.41, 5.74) is 6.06. The van der Waals surface area contributed by atoms with Crippen molar-refractivity contribution in [3.05, 3.63) is 124 Å². The minimum atomic E-state index is -0.896. The average Bonchev–Trinajstić information content (AvgIpc) is 3.82. The van der Waals surface area contributed by atoms with Gasteiger partial charge in [-0.05, 0) is 113 Å². The van der Waals surface area contributed by atoms with E-state index in [0.29, 0.717) is 44.3 Å². The number of nitrogens with one attached hydrogen (secondary N) is 1. The number of para-hydroxylation sites is 1. The van der Waals surface area contributed by atoms with Crippen LogP contribution in [0.15, 0.2) is 75.7 Å². The van der Waals surface area contributed by atoms with Crippen LogP contribution in [-0.4, -0.2) is 53.9 Å². The number of fused-ring (bicyclic) bond motifs is 2. The predicted octanol–water partition coefficient (Wildman–Crippen LogP) is 6.35. The van der Waals surface area contributed by atoms with Crippen LogP contribution >= 0.6 is 22.7 Å². The number of methoxy groups -OCH3 is 1. The molecule has 1 N–H and O–H groups in total. The predicted molar refractivity (Wildman–Crippen MR) is 220 cm³/mol. The highest BCUT2D eigenvalue weighted by Crippen LogP contribution is 2.40. The number of thiazole rings is 1. The second-order valence-corrected chi connectivity index (χ2v) is 15.8. The zero-order valence-electron chi connectivity index (χ0n) is 32.7. The Kier molecular flexibility index (Phi) is 11.6. The lowest BCUT2D eigenvalue weighted by molar-refractivity contribution is -0.143. The monoisotopic (exact) mass is 808 g/mol. The van der Waals surface area contributed by atoms with Crippen LogP contribution < -0.4 is 29.7 Å². The summed E-state index contributed by atoms with van der Waals surface area (Å²) in [6.45, 7) is 9.38. The number of nitrogens with zero attached hydrogens (tertiary/aromatic N) is 3. The Balaban J connectivity index is 1.33. The van der Waals surface area contributed by atoms with Crippen molar-refractivity contribution in [2.75, 3.05) is 32.2 Å². The molecule has 1 amide bonds. The molecular formula is C43H44N4O8S2. The average molecular weight is 809 g/mol. The van der Waals surface area contributed by atoms with Gasteiger partial charge >= 0.3 is 11.9 Å². The molecule has 2 aliphatic rings. The van der Waals surface area contributed by atoms with Gasteiger partial charge in [-0.25, -0.2) is 14.6 Å². The molecule has 0 saturated heterocycles. The van der Waals surface area contributed by atoms with E-state index in [4.69, 9.17) is 23.9 Å². The number of carbonyl (C=O) groups excluding carboxylic acids is 3. The van der Waals surface area contributed by atoms with E-state index in [-0.39, 0.29) is 30.3 Å². The molecule has 3 aromatic heterocycles. The molecule has 1 atom stereocenters. The van der Waals surface area contributed by atoms with Crippen molar-refractivity contribution < 1.29 is 33.3 Å². The first-order chi connectivity index (χ1) is 27.5. The standard InChI is InChI=1S/C43H44N4O8S2/c1-7-53-32-21-27(18-19-31(32)55-23-35(48)52-6)38-36(42(51)54-8-2)25(4)44-43-47(38)40(50)34(57-43)22-28-20-24(3)46(26(28)5)41-37(30-16-12-13-17-33(30)56-41)39(49)45-29-14-10-9-11-15-29/h9-11,14-15,18-22,38H,7-8,12-13,16-17,23H2,1-6H3,(H,45,49)/b34-22-/t38-/m1/s1. The molecule has 0 fully saturated rings. The van der Waals surface area contributed by atoms with E-state index in [1.807, 2.05) is 63.2 Å². The smallest absolute Gasteiger partial charge is 0.343 e. The van der Waals surface area contributed by atoms with Crippen molar-refractivity contribution in [2.24, 2.45) is 4.99 Å². The van der Waals surface area contributed by atoms with Gasteiger partial charge in [0.25, 0.3) is 11.5 Å². The molecule has 5 aromatic rings. The molecule has 296 valence electrons. The fourth-order valence-corrected chi connectivity index (χ4v) is 9.97. The van der Waals surface area contributed by atoms with Crippen molar-refractivity contribution in [2.45, 2.75) is 66.3 Å². The molecular weight excluding hydrogens is 765 g/mol. The number of aromatic nitrogens is 2. The van der Waals surface area contributed by atoms with Crippen molar-refractivity contribution in [3.8, 4) is 16.5 Å². The van der Waals surface area contributed by atoms with Gasteiger partial charge in [-0.15, -0.1) is 11.3 Å². The molecule has 1 aliphatic heterocycles. The van der Waals surface area contributed by atoms with E-state index in [9.17, 15) is 19.2 Å². The number of thiophene rings is 1. The number of aryl methyl sites for hydroxylation is 2. The number of amides is 1. The van der Waals surface area contributed by atoms with Gasteiger partial charge in [0, 0.05) is 22.0 Å². The SMILES string of the molecule is CCOC(=O)C1=C(C)N=c2s/c(=C\c3cc(C)n(-c4sc5c(c4C(=O)Nc4ccccc4)CCCC5)c3C)c(=O)n2[C@@H]1c1ccc(OCC(=O)OC)c(OCC)c1. The number of anilines is 1. The molecule has 2 aromatic carbocycles. The molecule has 7 rings (SSSR count). The zero-order valence-corrected chi connectivity index (χ0v) is 34.4. The fourth-order valence-electron chi connectivity index (χ4n) is 7.43. The molecule has 0 saturated carbocycles. The second kappa shape index (κ2) is 16.8. The third kappa shape index (κ3) is 7.71. The van der Waals surface area contributed by atoms with E-state index in [1.54, 1.807) is 43.4 Å². The number of allylic oxidation sites excluding steroid dienone is 1. The Bertz CT molecular complexity index is 2600. The molecule has 0 unspecified atom stereocenters. The van der Waals surface area contributed by atoms with Gasteiger partial charge in [-0.2, -0.15) is 0 Å². The van der Waals surface area contributed by atoms with Crippen LogP contribution in [0.3, 0.4) is 0 Å². The van der Waals surface area contributed by atoms with E-state index in [0.717, 1.165) is 58.9 Å². The Morgan fingerprint density at radius 2 is 1.72 bits per heavy atom. The van der Waals surface area contributed by atoms with Crippen LogP contribution in [0.4, 0.5) is 5.69 Å². The van der Waals surface area contributed by atoms with E-state index in [2.05, 4.69) is 9.88 Å². The first-order valence-electron chi connectivity index (χ1n) is 18.9. The van der Waals surface area contributed by atoms with Crippen LogP contribution in [0.25, 0.3) is 11.1 Å². The summed E-state index contributed by atoms with van der Waals surface area (Å²) in [5, 5.41) is 3.98. The first kappa shape index (κ1) is 39.5. The Labute approximate surface area is 337 Å².